The predicted octanol–water partition coefficient (Wildman–Crippen LogP) is 3.24. The molecule has 0 saturated heterocycles. The van der Waals surface area contributed by atoms with Crippen LogP contribution >= 0.6 is 11.8 Å². The zero-order chi connectivity index (χ0) is 21.6. The molecule has 0 amide bonds. The highest BCUT2D eigenvalue weighted by Crippen LogP contribution is 2.26. The number of thioether (sulfide) groups is 1. The number of aliphatic hydroxyl groups is 1. The first-order valence-corrected chi connectivity index (χ1v) is 11.7. The first-order chi connectivity index (χ1) is 13.6. The third-order valence-corrected chi connectivity index (χ3v) is 5.19. The summed E-state index contributed by atoms with van der Waals surface area (Å²) in [4.78, 5) is 8.43. The third-order valence-electron chi connectivity index (χ3n) is 3.71. The molecule has 2 aromatic rings. The Morgan fingerprint density at radius 1 is 1.21 bits per heavy atom. The molecule has 160 valence electrons. The Kier molecular flexibility index (Phi) is 8.17. The summed E-state index contributed by atoms with van der Waals surface area (Å²) < 4.78 is 52.7. The molecule has 11 heteroatoms. The second-order valence-electron chi connectivity index (χ2n) is 6.95. The van der Waals surface area contributed by atoms with Gasteiger partial charge in [0.1, 0.15) is 11.6 Å². The van der Waals surface area contributed by atoms with Crippen LogP contribution in [0.5, 0.6) is 0 Å². The van der Waals surface area contributed by atoms with Crippen LogP contribution in [0.3, 0.4) is 0 Å². The standard InChI is InChI=1S/C18H24F2N4O3S2/c1-11(2)7-13(9-25)21-15-8-16(24-29(3,26)27)23-18(22-15)28-10-12-5-4-6-14(19)17(12)20/h4-6,8,11,13,25H,7,9-10H2,1-3H3,(H2,21,22,23,24)/t13-/m1/s1. The van der Waals surface area contributed by atoms with Gasteiger partial charge in [-0.3, -0.25) is 4.72 Å². The topological polar surface area (TPSA) is 104 Å². The van der Waals surface area contributed by atoms with Gasteiger partial charge >= 0.3 is 0 Å². The molecule has 29 heavy (non-hydrogen) atoms. The van der Waals surface area contributed by atoms with E-state index in [9.17, 15) is 22.3 Å². The van der Waals surface area contributed by atoms with Crippen LogP contribution in [-0.4, -0.2) is 42.4 Å². The molecular formula is C18H24F2N4O3S2. The highest BCUT2D eigenvalue weighted by Gasteiger charge is 2.15. The van der Waals surface area contributed by atoms with Crippen molar-refractivity contribution in [2.45, 2.75) is 37.2 Å². The van der Waals surface area contributed by atoms with Crippen molar-refractivity contribution in [2.75, 3.05) is 22.9 Å². The van der Waals surface area contributed by atoms with E-state index in [0.717, 1.165) is 24.1 Å². The van der Waals surface area contributed by atoms with E-state index < -0.39 is 21.7 Å². The molecule has 0 aliphatic carbocycles. The van der Waals surface area contributed by atoms with E-state index in [2.05, 4.69) is 20.0 Å². The van der Waals surface area contributed by atoms with Crippen molar-refractivity contribution in [3.8, 4) is 0 Å². The number of rotatable bonds is 10. The largest absolute Gasteiger partial charge is 0.394 e. The van der Waals surface area contributed by atoms with Crippen LogP contribution < -0.4 is 10.0 Å². The first-order valence-electron chi connectivity index (χ1n) is 8.87. The second kappa shape index (κ2) is 10.2. The summed E-state index contributed by atoms with van der Waals surface area (Å²) in [6.45, 7) is 3.89. The maximum atomic E-state index is 13.9. The fraction of sp³-hybridized carbons (Fsp3) is 0.444. The summed E-state index contributed by atoms with van der Waals surface area (Å²) in [5, 5.41) is 12.8. The minimum Gasteiger partial charge on any atom is -0.394 e. The summed E-state index contributed by atoms with van der Waals surface area (Å²) in [5.41, 5.74) is 0.141. The lowest BCUT2D eigenvalue weighted by atomic mass is 10.0. The molecule has 0 aliphatic rings. The van der Waals surface area contributed by atoms with Gasteiger partial charge in [0.05, 0.1) is 18.9 Å². The molecule has 0 bridgehead atoms. The van der Waals surface area contributed by atoms with E-state index in [0.29, 0.717) is 18.2 Å². The molecule has 0 saturated carbocycles. The Hall–Kier alpha value is -1.98. The Bertz CT molecular complexity index is 943. The van der Waals surface area contributed by atoms with Crippen molar-refractivity contribution in [1.29, 1.82) is 0 Å². The van der Waals surface area contributed by atoms with Crippen molar-refractivity contribution in [3.63, 3.8) is 0 Å². The van der Waals surface area contributed by atoms with E-state index in [4.69, 9.17) is 0 Å². The molecule has 2 rings (SSSR count). The van der Waals surface area contributed by atoms with Gasteiger partial charge < -0.3 is 10.4 Å². The van der Waals surface area contributed by atoms with E-state index >= 15 is 0 Å². The van der Waals surface area contributed by atoms with Crippen molar-refractivity contribution in [1.82, 2.24) is 9.97 Å². The predicted molar refractivity (Wildman–Crippen MR) is 110 cm³/mol. The molecule has 0 spiro atoms. The maximum Gasteiger partial charge on any atom is 0.230 e. The molecule has 1 aromatic carbocycles. The fourth-order valence-electron chi connectivity index (χ4n) is 2.57. The third kappa shape index (κ3) is 7.75. The van der Waals surface area contributed by atoms with E-state index in [1.54, 1.807) is 0 Å². The average molecular weight is 447 g/mol. The molecule has 0 fully saturated rings. The molecule has 1 aromatic heterocycles. The van der Waals surface area contributed by atoms with Crippen LogP contribution in [0, 0.1) is 17.6 Å². The number of hydrogen-bond donors (Lipinski definition) is 3. The Morgan fingerprint density at radius 3 is 2.52 bits per heavy atom. The fourth-order valence-corrected chi connectivity index (χ4v) is 3.88. The lowest BCUT2D eigenvalue weighted by molar-refractivity contribution is 0.259. The molecule has 1 heterocycles. The summed E-state index contributed by atoms with van der Waals surface area (Å²) in [7, 11) is -3.58. The zero-order valence-corrected chi connectivity index (χ0v) is 17.9. The average Bonchev–Trinajstić information content (AvgIpc) is 2.60. The van der Waals surface area contributed by atoms with E-state index in [1.807, 2.05) is 13.8 Å². The number of aromatic nitrogens is 2. The molecular weight excluding hydrogens is 422 g/mol. The van der Waals surface area contributed by atoms with Gasteiger partial charge in [0.15, 0.2) is 16.8 Å². The Labute approximate surface area is 173 Å². The minimum atomic E-state index is -3.58. The van der Waals surface area contributed by atoms with E-state index in [-0.39, 0.29) is 34.9 Å². The van der Waals surface area contributed by atoms with Crippen LogP contribution in [-0.2, 0) is 15.8 Å². The van der Waals surface area contributed by atoms with Crippen LogP contribution in [0.15, 0.2) is 29.4 Å². The number of hydrogen-bond acceptors (Lipinski definition) is 7. The van der Waals surface area contributed by atoms with Crippen LogP contribution in [0.2, 0.25) is 0 Å². The monoisotopic (exact) mass is 446 g/mol. The zero-order valence-electron chi connectivity index (χ0n) is 16.3. The van der Waals surface area contributed by atoms with Crippen molar-refractivity contribution < 1.29 is 22.3 Å². The lowest BCUT2D eigenvalue weighted by Gasteiger charge is -2.19. The highest BCUT2D eigenvalue weighted by atomic mass is 32.2. The van der Waals surface area contributed by atoms with Gasteiger partial charge in [-0.05, 0) is 18.4 Å². The molecule has 0 aliphatic heterocycles. The molecule has 1 atom stereocenters. The lowest BCUT2D eigenvalue weighted by Crippen LogP contribution is -2.26. The first kappa shape index (κ1) is 23.3. The molecule has 0 radical (unpaired) electrons. The summed E-state index contributed by atoms with van der Waals surface area (Å²) in [6, 6.07) is 5.02. The number of sulfonamides is 1. The summed E-state index contributed by atoms with van der Waals surface area (Å²) in [5.74, 6) is -1.17. The number of anilines is 2. The number of halogens is 2. The van der Waals surface area contributed by atoms with E-state index in [1.165, 1.54) is 18.2 Å². The SMILES string of the molecule is CC(C)C[C@H](CO)Nc1cc(NS(C)(=O)=O)nc(SCc2cccc(F)c2F)n1. The minimum absolute atomic E-state index is 0.0356. The van der Waals surface area contributed by atoms with Crippen LogP contribution in [0.25, 0.3) is 0 Å². The van der Waals surface area contributed by atoms with Gasteiger partial charge in [-0.25, -0.2) is 27.2 Å². The quantitative estimate of drug-likeness (QED) is 0.380. The van der Waals surface area contributed by atoms with Crippen molar-refractivity contribution in [2.24, 2.45) is 5.92 Å². The van der Waals surface area contributed by atoms with Crippen molar-refractivity contribution in [3.05, 3.63) is 41.5 Å². The van der Waals surface area contributed by atoms with Gasteiger partial charge in [-0.1, -0.05) is 37.7 Å². The normalized spacial score (nSPS) is 12.8. The van der Waals surface area contributed by atoms with Gasteiger partial charge in [0.2, 0.25) is 10.0 Å². The Morgan fingerprint density at radius 2 is 1.90 bits per heavy atom. The number of aliphatic hydroxyl groups excluding tert-OH is 1. The highest BCUT2D eigenvalue weighted by molar-refractivity contribution is 7.98. The van der Waals surface area contributed by atoms with Gasteiger partial charge in [-0.2, -0.15) is 0 Å². The number of nitrogens with one attached hydrogen (secondary N) is 2. The molecule has 7 nitrogen and oxygen atoms in total. The molecule has 3 N–H and O–H groups in total. The van der Waals surface area contributed by atoms with Gasteiger partial charge in [0.25, 0.3) is 0 Å². The second-order valence-corrected chi connectivity index (χ2v) is 9.64. The van der Waals surface area contributed by atoms with Gasteiger partial charge in [0, 0.05) is 17.4 Å². The smallest absolute Gasteiger partial charge is 0.230 e. The summed E-state index contributed by atoms with van der Waals surface area (Å²) >= 11 is 1.03. The van der Waals surface area contributed by atoms with Crippen molar-refractivity contribution >= 4 is 33.4 Å². The Balaban J connectivity index is 2.27. The van der Waals surface area contributed by atoms with Crippen LogP contribution in [0.1, 0.15) is 25.8 Å². The number of nitrogens with zero attached hydrogens (tertiary/aromatic N) is 2. The van der Waals surface area contributed by atoms with Crippen LogP contribution in [0.4, 0.5) is 20.4 Å². The van der Waals surface area contributed by atoms with Gasteiger partial charge in [-0.15, -0.1) is 0 Å². The summed E-state index contributed by atoms with van der Waals surface area (Å²) in [6.07, 6.45) is 1.67. The maximum absolute atomic E-state index is 13.9. The number of benzene rings is 1. The molecule has 0 unspecified atom stereocenters.